The molecule has 0 saturated carbocycles. The molecular formula is C21H14BrN7O4S. The van der Waals surface area contributed by atoms with Gasteiger partial charge in [-0.25, -0.2) is 8.42 Å². The standard InChI is InChI=1S/C21H14BrN7O4S/c22-12-6-8-17(15(10-12)20-24-28-29-25-20)23-21(30)19-16-11-13(7-9-18(16)33-26-19)27-34(31,32)14-4-2-1-3-5-14/h1-11,27H,(H,23,30)(H,24,25,28,29). The van der Waals surface area contributed by atoms with Crippen LogP contribution in [-0.2, 0) is 10.0 Å². The van der Waals surface area contributed by atoms with Crippen molar-refractivity contribution in [2.75, 3.05) is 10.0 Å². The third kappa shape index (κ3) is 4.25. The molecule has 3 aromatic carbocycles. The van der Waals surface area contributed by atoms with Gasteiger partial charge in [0.15, 0.2) is 11.3 Å². The van der Waals surface area contributed by atoms with Crippen molar-refractivity contribution in [1.82, 2.24) is 25.8 Å². The first-order chi connectivity index (χ1) is 16.4. The van der Waals surface area contributed by atoms with Gasteiger partial charge in [0, 0.05) is 15.7 Å². The van der Waals surface area contributed by atoms with Crippen molar-refractivity contribution in [3.8, 4) is 11.4 Å². The van der Waals surface area contributed by atoms with Gasteiger partial charge in [-0.2, -0.15) is 5.21 Å². The molecule has 1 amide bonds. The summed E-state index contributed by atoms with van der Waals surface area (Å²) in [5, 5.41) is 20.8. The number of anilines is 2. The quantitative estimate of drug-likeness (QED) is 0.294. The van der Waals surface area contributed by atoms with E-state index in [0.717, 1.165) is 4.47 Å². The fourth-order valence-corrected chi connectivity index (χ4v) is 4.68. The van der Waals surface area contributed by atoms with E-state index >= 15 is 0 Å². The van der Waals surface area contributed by atoms with Crippen LogP contribution in [0.5, 0.6) is 0 Å². The molecule has 0 spiro atoms. The maximum Gasteiger partial charge on any atom is 0.278 e. The highest BCUT2D eigenvalue weighted by Gasteiger charge is 2.21. The highest BCUT2D eigenvalue weighted by Crippen LogP contribution is 2.30. The summed E-state index contributed by atoms with van der Waals surface area (Å²) in [6.07, 6.45) is 0. The zero-order valence-corrected chi connectivity index (χ0v) is 19.5. The Morgan fingerprint density at radius 1 is 1.03 bits per heavy atom. The molecule has 0 aliphatic rings. The van der Waals surface area contributed by atoms with Crippen molar-refractivity contribution >= 4 is 54.2 Å². The third-order valence-electron chi connectivity index (χ3n) is 4.81. The number of aromatic nitrogens is 5. The van der Waals surface area contributed by atoms with Gasteiger partial charge in [0.2, 0.25) is 5.82 Å². The average Bonchev–Trinajstić information content (AvgIpc) is 3.51. The molecule has 0 saturated heterocycles. The van der Waals surface area contributed by atoms with E-state index in [1.165, 1.54) is 30.3 Å². The molecule has 170 valence electrons. The van der Waals surface area contributed by atoms with Crippen LogP contribution in [-0.4, -0.2) is 40.1 Å². The number of benzene rings is 3. The van der Waals surface area contributed by atoms with Crippen LogP contribution in [0.4, 0.5) is 11.4 Å². The molecule has 34 heavy (non-hydrogen) atoms. The molecule has 0 radical (unpaired) electrons. The summed E-state index contributed by atoms with van der Waals surface area (Å²) in [5.74, 6) is -0.270. The van der Waals surface area contributed by atoms with Gasteiger partial charge in [0.25, 0.3) is 15.9 Å². The minimum absolute atomic E-state index is 0.0160. The maximum atomic E-state index is 13.1. The maximum absolute atomic E-state index is 13.1. The Hall–Kier alpha value is -4.10. The number of sulfonamides is 1. The van der Waals surface area contributed by atoms with Gasteiger partial charge in [-0.15, -0.1) is 10.2 Å². The molecule has 0 aliphatic carbocycles. The molecule has 13 heteroatoms. The lowest BCUT2D eigenvalue weighted by Crippen LogP contribution is -2.14. The van der Waals surface area contributed by atoms with E-state index in [1.807, 2.05) is 0 Å². The molecule has 11 nitrogen and oxygen atoms in total. The van der Waals surface area contributed by atoms with Crippen LogP contribution in [0.2, 0.25) is 0 Å². The number of carbonyl (C=O) groups excluding carboxylic acids is 1. The predicted octanol–water partition coefficient (Wildman–Crippen LogP) is 3.82. The molecule has 3 N–H and O–H groups in total. The Morgan fingerprint density at radius 2 is 1.85 bits per heavy atom. The molecule has 0 unspecified atom stereocenters. The van der Waals surface area contributed by atoms with Crippen molar-refractivity contribution in [2.45, 2.75) is 4.90 Å². The normalized spacial score (nSPS) is 11.4. The van der Waals surface area contributed by atoms with E-state index in [0.29, 0.717) is 28.0 Å². The molecule has 0 atom stereocenters. The van der Waals surface area contributed by atoms with Crippen molar-refractivity contribution < 1.29 is 17.7 Å². The first-order valence-corrected chi connectivity index (χ1v) is 12.0. The Bertz CT molecular complexity index is 1600. The summed E-state index contributed by atoms with van der Waals surface area (Å²) < 4.78 is 33.8. The zero-order chi connectivity index (χ0) is 23.7. The van der Waals surface area contributed by atoms with E-state index < -0.39 is 15.9 Å². The van der Waals surface area contributed by atoms with Crippen molar-refractivity contribution in [2.24, 2.45) is 0 Å². The van der Waals surface area contributed by atoms with E-state index in [4.69, 9.17) is 4.52 Å². The van der Waals surface area contributed by atoms with Gasteiger partial charge in [-0.3, -0.25) is 9.52 Å². The predicted molar refractivity (Wildman–Crippen MR) is 127 cm³/mol. The van der Waals surface area contributed by atoms with Crippen molar-refractivity contribution in [3.05, 3.63) is 76.9 Å². The van der Waals surface area contributed by atoms with Crippen LogP contribution >= 0.6 is 15.9 Å². The Morgan fingerprint density at radius 3 is 2.62 bits per heavy atom. The van der Waals surface area contributed by atoms with E-state index in [-0.39, 0.29) is 16.3 Å². The second-order valence-corrected chi connectivity index (χ2v) is 9.64. The summed E-state index contributed by atoms with van der Waals surface area (Å²) in [6, 6.07) is 17.7. The Labute approximate surface area is 200 Å². The summed E-state index contributed by atoms with van der Waals surface area (Å²) >= 11 is 3.39. The van der Waals surface area contributed by atoms with Crippen LogP contribution < -0.4 is 10.0 Å². The number of nitrogens with zero attached hydrogens (tertiary/aromatic N) is 4. The highest BCUT2D eigenvalue weighted by atomic mass is 79.9. The Balaban J connectivity index is 1.46. The number of amides is 1. The van der Waals surface area contributed by atoms with Gasteiger partial charge in [-0.1, -0.05) is 39.3 Å². The number of H-pyrrole nitrogens is 1. The minimum atomic E-state index is -3.81. The second kappa shape index (κ2) is 8.68. The third-order valence-corrected chi connectivity index (χ3v) is 6.70. The summed E-state index contributed by atoms with van der Waals surface area (Å²) in [5.41, 5.74) is 1.51. The number of rotatable bonds is 6. The lowest BCUT2D eigenvalue weighted by atomic mass is 10.1. The number of fused-ring (bicyclic) bond motifs is 1. The van der Waals surface area contributed by atoms with Crippen LogP contribution in [0.1, 0.15) is 10.5 Å². The number of carbonyl (C=O) groups is 1. The average molecular weight is 540 g/mol. The molecule has 0 aliphatic heterocycles. The van der Waals surface area contributed by atoms with Gasteiger partial charge in [0.05, 0.1) is 16.0 Å². The molecule has 5 rings (SSSR count). The van der Waals surface area contributed by atoms with E-state index in [1.54, 1.807) is 36.4 Å². The number of tetrazole rings is 1. The smallest absolute Gasteiger partial charge is 0.278 e. The van der Waals surface area contributed by atoms with Gasteiger partial charge in [0.1, 0.15) is 0 Å². The van der Waals surface area contributed by atoms with Crippen molar-refractivity contribution in [3.63, 3.8) is 0 Å². The first-order valence-electron chi connectivity index (χ1n) is 9.73. The fraction of sp³-hybridized carbons (Fsp3) is 0. The molecule has 2 aromatic heterocycles. The topological polar surface area (TPSA) is 156 Å². The largest absolute Gasteiger partial charge is 0.355 e. The highest BCUT2D eigenvalue weighted by molar-refractivity contribution is 9.10. The molecule has 2 heterocycles. The monoisotopic (exact) mass is 539 g/mol. The van der Waals surface area contributed by atoms with Gasteiger partial charge < -0.3 is 9.84 Å². The first kappa shape index (κ1) is 21.7. The van der Waals surface area contributed by atoms with Crippen LogP contribution in [0.3, 0.4) is 0 Å². The summed E-state index contributed by atoms with van der Waals surface area (Å²) in [6.45, 7) is 0. The van der Waals surface area contributed by atoms with Crippen LogP contribution in [0, 0.1) is 0 Å². The lowest BCUT2D eigenvalue weighted by molar-refractivity contribution is 0.102. The zero-order valence-electron chi connectivity index (χ0n) is 17.1. The molecule has 5 aromatic rings. The number of hydrogen-bond acceptors (Lipinski definition) is 8. The SMILES string of the molecule is O=C(Nc1ccc(Br)cc1-c1nn[nH]n1)c1noc2ccc(NS(=O)(=O)c3ccccc3)cc12. The number of nitrogens with one attached hydrogen (secondary N) is 3. The number of halogens is 1. The van der Waals surface area contributed by atoms with Gasteiger partial charge >= 0.3 is 0 Å². The lowest BCUT2D eigenvalue weighted by Gasteiger charge is -2.09. The molecule has 0 bridgehead atoms. The van der Waals surface area contributed by atoms with Gasteiger partial charge in [-0.05, 0) is 53.7 Å². The van der Waals surface area contributed by atoms with Crippen LogP contribution in [0.25, 0.3) is 22.4 Å². The number of aromatic amines is 1. The summed E-state index contributed by atoms with van der Waals surface area (Å²) in [4.78, 5) is 13.2. The number of hydrogen-bond donors (Lipinski definition) is 3. The summed E-state index contributed by atoms with van der Waals surface area (Å²) in [7, 11) is -3.81. The second-order valence-electron chi connectivity index (χ2n) is 7.04. The Kier molecular flexibility index (Phi) is 5.55. The van der Waals surface area contributed by atoms with E-state index in [2.05, 4.69) is 51.7 Å². The minimum Gasteiger partial charge on any atom is -0.355 e. The van der Waals surface area contributed by atoms with Crippen LogP contribution in [0.15, 0.2) is 80.6 Å². The van der Waals surface area contributed by atoms with E-state index in [9.17, 15) is 13.2 Å². The van der Waals surface area contributed by atoms with Crippen molar-refractivity contribution in [1.29, 1.82) is 0 Å². The molecule has 0 fully saturated rings. The molecular weight excluding hydrogens is 526 g/mol. The fourth-order valence-electron chi connectivity index (χ4n) is 3.25.